The number of amides is 1. The zero-order chi connectivity index (χ0) is 7.19. The first kappa shape index (κ1) is 5.97. The van der Waals surface area contributed by atoms with Crippen molar-refractivity contribution in [2.24, 2.45) is 0 Å². The lowest BCUT2D eigenvalue weighted by Crippen LogP contribution is -2.71. The van der Waals surface area contributed by atoms with Gasteiger partial charge in [0.1, 0.15) is 0 Å². The molecule has 2 fully saturated rings. The molecule has 4 heteroatoms. The van der Waals surface area contributed by atoms with Crippen LogP contribution in [0, 0.1) is 0 Å². The van der Waals surface area contributed by atoms with Crippen molar-refractivity contribution in [3.05, 3.63) is 0 Å². The van der Waals surface area contributed by atoms with Crippen LogP contribution < -0.4 is 0 Å². The third-order valence-corrected chi connectivity index (χ3v) is 2.35. The summed E-state index contributed by atoms with van der Waals surface area (Å²) in [7, 11) is 0. The minimum atomic E-state index is -0.811. The Morgan fingerprint density at radius 2 is 2.30 bits per heavy atom. The monoisotopic (exact) mass is 143 g/mol. The van der Waals surface area contributed by atoms with E-state index in [-0.39, 0.29) is 5.54 Å². The second-order valence-electron chi connectivity index (χ2n) is 2.90. The molecule has 2 aliphatic rings. The van der Waals surface area contributed by atoms with Crippen LogP contribution in [0.25, 0.3) is 0 Å². The summed E-state index contributed by atoms with van der Waals surface area (Å²) < 4.78 is 4.96. The van der Waals surface area contributed by atoms with Crippen LogP contribution in [-0.2, 0) is 4.74 Å². The second-order valence-corrected chi connectivity index (χ2v) is 2.90. The van der Waals surface area contributed by atoms with Crippen molar-refractivity contribution in [3.8, 4) is 0 Å². The number of carbonyl (C=O) groups is 1. The third kappa shape index (κ3) is 0.520. The Morgan fingerprint density at radius 1 is 1.60 bits per heavy atom. The first-order valence-corrected chi connectivity index (χ1v) is 3.33. The van der Waals surface area contributed by atoms with Crippen molar-refractivity contribution in [1.82, 2.24) is 4.90 Å². The quantitative estimate of drug-likeness (QED) is 0.524. The minimum absolute atomic E-state index is 0.105. The van der Waals surface area contributed by atoms with E-state index in [1.54, 1.807) is 0 Å². The number of carboxylic acid groups (broad SMARTS) is 1. The average Bonchev–Trinajstić information content (AvgIpc) is 1.53. The topological polar surface area (TPSA) is 49.8 Å². The molecule has 0 aromatic rings. The molecule has 0 saturated carbocycles. The molecule has 56 valence electrons. The van der Waals surface area contributed by atoms with Gasteiger partial charge in [-0.05, 0) is 6.42 Å². The molecule has 0 aromatic heterocycles. The van der Waals surface area contributed by atoms with Gasteiger partial charge in [-0.25, -0.2) is 4.79 Å². The van der Waals surface area contributed by atoms with E-state index in [4.69, 9.17) is 9.84 Å². The highest BCUT2D eigenvalue weighted by molar-refractivity contribution is 5.67. The van der Waals surface area contributed by atoms with Crippen LogP contribution in [0.1, 0.15) is 6.42 Å². The van der Waals surface area contributed by atoms with Crippen LogP contribution in [0.2, 0.25) is 0 Å². The number of nitrogens with zero attached hydrogens (tertiary/aromatic N) is 1. The standard InChI is InChI=1S/C6H9NO3/c8-5(9)7-2-1-6(7)3-10-4-6/h1-4H2,(H,8,9). The predicted octanol–water partition coefficient (Wildman–Crippen LogP) is 0.139. The molecular weight excluding hydrogens is 134 g/mol. The summed E-state index contributed by atoms with van der Waals surface area (Å²) in [6.07, 6.45) is 0.161. The van der Waals surface area contributed by atoms with Crippen LogP contribution in [0.5, 0.6) is 0 Å². The van der Waals surface area contributed by atoms with Crippen LogP contribution in [0.3, 0.4) is 0 Å². The van der Waals surface area contributed by atoms with Crippen LogP contribution in [0.4, 0.5) is 4.79 Å². The van der Waals surface area contributed by atoms with Crippen LogP contribution in [0.15, 0.2) is 0 Å². The summed E-state index contributed by atoms with van der Waals surface area (Å²) in [5.74, 6) is 0. The highest BCUT2D eigenvalue weighted by Crippen LogP contribution is 2.36. The molecule has 1 spiro atoms. The zero-order valence-electron chi connectivity index (χ0n) is 5.54. The van der Waals surface area contributed by atoms with Gasteiger partial charge in [0.2, 0.25) is 0 Å². The van der Waals surface area contributed by atoms with E-state index >= 15 is 0 Å². The number of rotatable bonds is 0. The number of likely N-dealkylation sites (tertiary alicyclic amines) is 1. The molecule has 1 amide bonds. The number of hydrogen-bond acceptors (Lipinski definition) is 2. The zero-order valence-corrected chi connectivity index (χ0v) is 5.54. The minimum Gasteiger partial charge on any atom is -0.465 e. The average molecular weight is 143 g/mol. The lowest BCUT2D eigenvalue weighted by atomic mass is 9.83. The van der Waals surface area contributed by atoms with Gasteiger partial charge in [0.15, 0.2) is 0 Å². The fourth-order valence-corrected chi connectivity index (χ4v) is 1.48. The van der Waals surface area contributed by atoms with Crippen molar-refractivity contribution in [2.75, 3.05) is 19.8 Å². The molecule has 2 heterocycles. The highest BCUT2D eigenvalue weighted by Gasteiger charge is 2.53. The van der Waals surface area contributed by atoms with Gasteiger partial charge in [-0.1, -0.05) is 0 Å². The van der Waals surface area contributed by atoms with Gasteiger partial charge in [0, 0.05) is 6.54 Å². The Hall–Kier alpha value is -0.770. The van der Waals surface area contributed by atoms with E-state index in [1.807, 2.05) is 0 Å². The maximum absolute atomic E-state index is 10.5. The molecule has 4 nitrogen and oxygen atoms in total. The smallest absolute Gasteiger partial charge is 0.407 e. The largest absolute Gasteiger partial charge is 0.465 e. The van der Waals surface area contributed by atoms with Gasteiger partial charge in [-0.2, -0.15) is 0 Å². The van der Waals surface area contributed by atoms with Gasteiger partial charge < -0.3 is 9.84 Å². The molecule has 0 aromatic carbocycles. The molecule has 2 aliphatic heterocycles. The summed E-state index contributed by atoms with van der Waals surface area (Å²) in [5.41, 5.74) is -0.105. The van der Waals surface area contributed by atoms with E-state index in [0.29, 0.717) is 19.8 Å². The molecular formula is C6H9NO3. The molecule has 0 unspecified atom stereocenters. The predicted molar refractivity (Wildman–Crippen MR) is 32.9 cm³/mol. The summed E-state index contributed by atoms with van der Waals surface area (Å²) in [6, 6.07) is 0. The fraction of sp³-hybridized carbons (Fsp3) is 0.833. The second kappa shape index (κ2) is 1.63. The van der Waals surface area contributed by atoms with Crippen molar-refractivity contribution in [1.29, 1.82) is 0 Å². The highest BCUT2D eigenvalue weighted by atomic mass is 16.5. The molecule has 0 aliphatic carbocycles. The fourth-order valence-electron chi connectivity index (χ4n) is 1.48. The van der Waals surface area contributed by atoms with Gasteiger partial charge in [-0.15, -0.1) is 0 Å². The lowest BCUT2D eigenvalue weighted by Gasteiger charge is -2.56. The Labute approximate surface area is 58.4 Å². The van der Waals surface area contributed by atoms with Crippen LogP contribution in [-0.4, -0.2) is 41.4 Å². The molecule has 10 heavy (non-hydrogen) atoms. The summed E-state index contributed by atoms with van der Waals surface area (Å²) in [6.45, 7) is 1.87. The third-order valence-electron chi connectivity index (χ3n) is 2.35. The van der Waals surface area contributed by atoms with Gasteiger partial charge in [-0.3, -0.25) is 4.90 Å². The van der Waals surface area contributed by atoms with E-state index < -0.39 is 6.09 Å². The molecule has 2 saturated heterocycles. The lowest BCUT2D eigenvalue weighted by molar-refractivity contribution is -0.176. The Balaban J connectivity index is 2.05. The number of hydrogen-bond donors (Lipinski definition) is 1. The van der Waals surface area contributed by atoms with Crippen molar-refractivity contribution in [2.45, 2.75) is 12.0 Å². The van der Waals surface area contributed by atoms with Crippen molar-refractivity contribution < 1.29 is 14.6 Å². The van der Waals surface area contributed by atoms with Gasteiger partial charge >= 0.3 is 6.09 Å². The maximum atomic E-state index is 10.5. The summed E-state index contributed by atoms with van der Waals surface area (Å²) in [5, 5.41) is 8.60. The van der Waals surface area contributed by atoms with Gasteiger partial charge in [0.05, 0.1) is 18.8 Å². The van der Waals surface area contributed by atoms with E-state index in [1.165, 1.54) is 4.90 Å². The maximum Gasteiger partial charge on any atom is 0.407 e. The Bertz CT molecular complexity index is 170. The first-order chi connectivity index (χ1) is 4.75. The van der Waals surface area contributed by atoms with Crippen molar-refractivity contribution in [3.63, 3.8) is 0 Å². The Kier molecular flexibility index (Phi) is 0.976. The van der Waals surface area contributed by atoms with E-state index in [0.717, 1.165) is 6.42 Å². The van der Waals surface area contributed by atoms with E-state index in [9.17, 15) is 4.79 Å². The molecule has 0 bridgehead atoms. The number of ether oxygens (including phenoxy) is 1. The van der Waals surface area contributed by atoms with Crippen LogP contribution >= 0.6 is 0 Å². The van der Waals surface area contributed by atoms with Crippen molar-refractivity contribution >= 4 is 6.09 Å². The molecule has 0 radical (unpaired) electrons. The normalized spacial score (nSPS) is 27.4. The first-order valence-electron chi connectivity index (χ1n) is 3.33. The summed E-state index contributed by atoms with van der Waals surface area (Å²) in [4.78, 5) is 11.9. The molecule has 2 rings (SSSR count). The van der Waals surface area contributed by atoms with E-state index in [2.05, 4.69) is 0 Å². The summed E-state index contributed by atoms with van der Waals surface area (Å²) >= 11 is 0. The Morgan fingerprint density at radius 3 is 2.40 bits per heavy atom. The molecule has 1 N–H and O–H groups in total. The van der Waals surface area contributed by atoms with Gasteiger partial charge in [0.25, 0.3) is 0 Å². The SMILES string of the molecule is O=C(O)N1CCC12COC2. The molecule has 0 atom stereocenters.